The summed E-state index contributed by atoms with van der Waals surface area (Å²) >= 11 is 1.23. The van der Waals surface area contributed by atoms with Crippen LogP contribution in [0, 0.1) is 10.1 Å². The number of thiazole rings is 1. The highest BCUT2D eigenvalue weighted by Crippen LogP contribution is 2.31. The Labute approximate surface area is 185 Å². The minimum atomic E-state index is -0.778. The summed E-state index contributed by atoms with van der Waals surface area (Å²) in [6, 6.07) is 11.2. The van der Waals surface area contributed by atoms with Crippen LogP contribution >= 0.6 is 11.3 Å². The van der Waals surface area contributed by atoms with Gasteiger partial charge in [0, 0.05) is 30.0 Å². The Bertz CT molecular complexity index is 1250. The largest absolute Gasteiger partial charge is 0.497 e. The fraction of sp³-hybridized carbons (Fsp3) is 0.143. The van der Waals surface area contributed by atoms with Gasteiger partial charge < -0.3 is 10.1 Å². The van der Waals surface area contributed by atoms with Crippen molar-refractivity contribution >= 4 is 39.9 Å². The fourth-order valence-corrected chi connectivity index (χ4v) is 4.05. The first-order chi connectivity index (χ1) is 15.4. The number of anilines is 1. The van der Waals surface area contributed by atoms with Gasteiger partial charge in [-0.2, -0.15) is 0 Å². The number of fused-ring (bicyclic) bond motifs is 1. The molecular formula is C21H16N4O6S. The Morgan fingerprint density at radius 1 is 1.22 bits per heavy atom. The van der Waals surface area contributed by atoms with Crippen molar-refractivity contribution in [3.05, 3.63) is 69.1 Å². The van der Waals surface area contributed by atoms with Gasteiger partial charge in [0.1, 0.15) is 11.3 Å². The van der Waals surface area contributed by atoms with Gasteiger partial charge in [-0.3, -0.25) is 29.4 Å². The van der Waals surface area contributed by atoms with E-state index in [0.717, 1.165) is 10.5 Å². The predicted octanol–water partition coefficient (Wildman–Crippen LogP) is 3.35. The minimum Gasteiger partial charge on any atom is -0.497 e. The summed E-state index contributed by atoms with van der Waals surface area (Å²) in [6.07, 6.45) is -0.173. The van der Waals surface area contributed by atoms with E-state index in [1.165, 1.54) is 29.5 Å². The van der Waals surface area contributed by atoms with Gasteiger partial charge in [0.2, 0.25) is 5.91 Å². The molecule has 0 saturated heterocycles. The van der Waals surface area contributed by atoms with E-state index in [-0.39, 0.29) is 24.1 Å². The lowest BCUT2D eigenvalue weighted by molar-refractivity contribution is -0.385. The highest BCUT2D eigenvalue weighted by Gasteiger charge is 2.40. The van der Waals surface area contributed by atoms with Crippen molar-refractivity contribution in [3.8, 4) is 17.0 Å². The highest BCUT2D eigenvalue weighted by atomic mass is 32.1. The number of nitrogens with zero attached hydrogens (tertiary/aromatic N) is 3. The van der Waals surface area contributed by atoms with Crippen LogP contribution in [-0.2, 0) is 4.79 Å². The average Bonchev–Trinajstić information content (AvgIpc) is 3.35. The second-order valence-corrected chi connectivity index (χ2v) is 7.64. The number of imide groups is 1. The number of nitrogens with one attached hydrogen (secondary N) is 1. The van der Waals surface area contributed by atoms with Crippen LogP contribution in [0.25, 0.3) is 11.3 Å². The number of nitro groups is 1. The maximum absolute atomic E-state index is 12.6. The van der Waals surface area contributed by atoms with Crippen molar-refractivity contribution in [1.29, 1.82) is 0 Å². The molecule has 2 aromatic carbocycles. The van der Waals surface area contributed by atoms with Gasteiger partial charge in [-0.1, -0.05) is 18.2 Å². The Hall–Kier alpha value is -4.12. The topological polar surface area (TPSA) is 132 Å². The van der Waals surface area contributed by atoms with Crippen LogP contribution < -0.4 is 10.1 Å². The number of carbonyl (C=O) groups excluding carboxylic acids is 3. The second kappa shape index (κ2) is 8.55. The predicted molar refractivity (Wildman–Crippen MR) is 116 cm³/mol. The van der Waals surface area contributed by atoms with E-state index in [9.17, 15) is 24.5 Å². The van der Waals surface area contributed by atoms with Crippen LogP contribution in [0.3, 0.4) is 0 Å². The zero-order chi connectivity index (χ0) is 22.8. The Balaban J connectivity index is 1.40. The fourth-order valence-electron chi connectivity index (χ4n) is 3.31. The molecule has 0 aliphatic carbocycles. The van der Waals surface area contributed by atoms with Gasteiger partial charge in [0.15, 0.2) is 5.13 Å². The maximum Gasteiger partial charge on any atom is 0.282 e. The summed E-state index contributed by atoms with van der Waals surface area (Å²) in [6.45, 7) is -0.205. The average molecular weight is 452 g/mol. The molecule has 4 rings (SSSR count). The van der Waals surface area contributed by atoms with E-state index < -0.39 is 28.3 Å². The number of nitro benzene ring substituents is 1. The molecule has 1 aliphatic rings. The van der Waals surface area contributed by atoms with Crippen molar-refractivity contribution in [1.82, 2.24) is 9.88 Å². The zero-order valence-electron chi connectivity index (χ0n) is 16.7. The normalized spacial score (nSPS) is 12.6. The zero-order valence-corrected chi connectivity index (χ0v) is 17.5. The van der Waals surface area contributed by atoms with Crippen LogP contribution in [0.2, 0.25) is 0 Å². The molecule has 0 unspecified atom stereocenters. The van der Waals surface area contributed by atoms with Gasteiger partial charge in [0.25, 0.3) is 17.5 Å². The number of ether oxygens (including phenoxy) is 1. The number of aromatic nitrogens is 1. The third-order valence-electron chi connectivity index (χ3n) is 4.85. The number of hydrogen-bond donors (Lipinski definition) is 1. The van der Waals surface area contributed by atoms with E-state index in [1.54, 1.807) is 12.5 Å². The van der Waals surface area contributed by atoms with Crippen molar-refractivity contribution < 1.29 is 24.0 Å². The lowest BCUT2D eigenvalue weighted by Crippen LogP contribution is -2.33. The molecule has 0 fully saturated rings. The van der Waals surface area contributed by atoms with E-state index in [2.05, 4.69) is 10.3 Å². The van der Waals surface area contributed by atoms with Gasteiger partial charge in [-0.05, 0) is 18.2 Å². The number of rotatable bonds is 7. The summed E-state index contributed by atoms with van der Waals surface area (Å²) in [7, 11) is 1.57. The number of benzene rings is 2. The molecule has 10 nitrogen and oxygen atoms in total. The molecule has 0 radical (unpaired) electrons. The third-order valence-corrected chi connectivity index (χ3v) is 5.61. The van der Waals surface area contributed by atoms with Crippen molar-refractivity contribution in [2.45, 2.75) is 6.42 Å². The van der Waals surface area contributed by atoms with E-state index in [4.69, 9.17) is 4.74 Å². The summed E-state index contributed by atoms with van der Waals surface area (Å²) in [4.78, 5) is 53.1. The maximum atomic E-state index is 12.6. The molecule has 2 heterocycles. The first-order valence-electron chi connectivity index (χ1n) is 9.42. The molecule has 1 aromatic heterocycles. The monoisotopic (exact) mass is 452 g/mol. The molecule has 0 bridgehead atoms. The van der Waals surface area contributed by atoms with E-state index >= 15 is 0 Å². The van der Waals surface area contributed by atoms with Crippen LogP contribution in [-0.4, -0.2) is 46.2 Å². The molecule has 3 aromatic rings. The van der Waals surface area contributed by atoms with Crippen molar-refractivity contribution in [2.24, 2.45) is 0 Å². The molecule has 3 amide bonds. The number of amides is 3. The SMILES string of the molecule is COc1cccc(-c2csc(NC(=O)CCN3C(=O)c4cccc([N+](=O)[O-])c4C3=O)n2)c1. The van der Waals surface area contributed by atoms with Crippen molar-refractivity contribution in [2.75, 3.05) is 19.0 Å². The molecule has 1 aliphatic heterocycles. The van der Waals surface area contributed by atoms with Crippen LogP contribution in [0.5, 0.6) is 5.75 Å². The van der Waals surface area contributed by atoms with E-state index in [0.29, 0.717) is 16.6 Å². The molecular weight excluding hydrogens is 436 g/mol. The van der Waals surface area contributed by atoms with Crippen LogP contribution in [0.4, 0.5) is 10.8 Å². The van der Waals surface area contributed by atoms with Gasteiger partial charge >= 0.3 is 0 Å². The molecule has 11 heteroatoms. The first kappa shape index (κ1) is 21.1. The lowest BCUT2D eigenvalue weighted by Gasteiger charge is -2.12. The second-order valence-electron chi connectivity index (χ2n) is 6.79. The number of methoxy groups -OCH3 is 1. The van der Waals surface area contributed by atoms with Crippen LogP contribution in [0.15, 0.2) is 47.8 Å². The minimum absolute atomic E-state index is 0.0348. The third kappa shape index (κ3) is 3.93. The van der Waals surface area contributed by atoms with Gasteiger partial charge in [-0.15, -0.1) is 11.3 Å². The van der Waals surface area contributed by atoms with E-state index in [1.807, 2.05) is 24.3 Å². The quantitative estimate of drug-likeness (QED) is 0.330. The van der Waals surface area contributed by atoms with Gasteiger partial charge in [-0.25, -0.2) is 4.98 Å². The lowest BCUT2D eigenvalue weighted by atomic mass is 10.1. The summed E-state index contributed by atoms with van der Waals surface area (Å²) in [5.41, 5.74) is 0.782. The number of hydrogen-bond acceptors (Lipinski definition) is 8. The van der Waals surface area contributed by atoms with Crippen LogP contribution in [0.1, 0.15) is 27.1 Å². The standard InChI is InChI=1S/C21H16N4O6S/c1-31-13-5-2-4-12(10-13)15-11-32-21(22-15)23-17(26)8-9-24-19(27)14-6-3-7-16(25(29)30)18(14)20(24)28/h2-7,10-11H,8-9H2,1H3,(H,22,23,26). The summed E-state index contributed by atoms with van der Waals surface area (Å²) in [5, 5.41) is 16.0. The van der Waals surface area contributed by atoms with Crippen molar-refractivity contribution in [3.63, 3.8) is 0 Å². The molecule has 1 N–H and O–H groups in total. The summed E-state index contributed by atoms with van der Waals surface area (Å²) < 4.78 is 5.20. The smallest absolute Gasteiger partial charge is 0.282 e. The molecule has 162 valence electrons. The Morgan fingerprint density at radius 2 is 2.00 bits per heavy atom. The highest BCUT2D eigenvalue weighted by molar-refractivity contribution is 7.14. The first-order valence-corrected chi connectivity index (χ1v) is 10.3. The molecule has 0 saturated carbocycles. The Morgan fingerprint density at radius 3 is 2.75 bits per heavy atom. The molecule has 0 spiro atoms. The van der Waals surface area contributed by atoms with Gasteiger partial charge in [0.05, 0.1) is 23.3 Å². The molecule has 0 atom stereocenters. The molecule has 32 heavy (non-hydrogen) atoms. The summed E-state index contributed by atoms with van der Waals surface area (Å²) in [5.74, 6) is -1.19. The number of carbonyl (C=O) groups is 3. The Kier molecular flexibility index (Phi) is 5.65.